The van der Waals surface area contributed by atoms with Crippen LogP contribution in [0.2, 0.25) is 0 Å². The molecule has 0 unspecified atom stereocenters. The number of benzene rings is 1. The van der Waals surface area contributed by atoms with Crippen LogP contribution >= 0.6 is 0 Å². The molecule has 2 aromatic rings. The van der Waals surface area contributed by atoms with Gasteiger partial charge in [-0.15, -0.1) is 0 Å². The van der Waals surface area contributed by atoms with Gasteiger partial charge in [-0.05, 0) is 30.8 Å². The monoisotopic (exact) mass is 315 g/mol. The maximum atomic E-state index is 13.0. The molecule has 1 aromatic carbocycles. The second kappa shape index (κ2) is 6.33. The van der Waals surface area contributed by atoms with Crippen LogP contribution in [-0.4, -0.2) is 20.4 Å². The Morgan fingerprint density at radius 2 is 1.90 bits per heavy atom. The highest BCUT2D eigenvalue weighted by Gasteiger charge is 2.16. The molecule has 1 aromatic heterocycles. The van der Waals surface area contributed by atoms with Crippen molar-refractivity contribution in [2.45, 2.75) is 18.0 Å². The highest BCUT2D eigenvalue weighted by molar-refractivity contribution is 7.89. The van der Waals surface area contributed by atoms with Crippen LogP contribution < -0.4 is 10.0 Å². The minimum atomic E-state index is -3.70. The van der Waals surface area contributed by atoms with E-state index in [-0.39, 0.29) is 11.4 Å². The molecule has 0 amide bonds. The average molecular weight is 315 g/mol. The van der Waals surface area contributed by atoms with Crippen LogP contribution in [0, 0.1) is 11.6 Å². The lowest BCUT2D eigenvalue weighted by Gasteiger charge is -2.05. The summed E-state index contributed by atoms with van der Waals surface area (Å²) >= 11 is 0. The lowest BCUT2D eigenvalue weighted by atomic mass is 10.2. The van der Waals surface area contributed by atoms with Gasteiger partial charge in [0.2, 0.25) is 10.0 Å². The van der Waals surface area contributed by atoms with Crippen molar-refractivity contribution in [3.63, 3.8) is 0 Å². The van der Waals surface area contributed by atoms with Crippen LogP contribution in [0.5, 0.6) is 0 Å². The summed E-state index contributed by atoms with van der Waals surface area (Å²) in [4.78, 5) is 2.93. The van der Waals surface area contributed by atoms with E-state index in [1.54, 1.807) is 7.05 Å². The Morgan fingerprint density at radius 3 is 2.57 bits per heavy atom. The van der Waals surface area contributed by atoms with Gasteiger partial charge < -0.3 is 10.3 Å². The molecule has 3 N–H and O–H groups in total. The van der Waals surface area contributed by atoms with E-state index in [4.69, 9.17) is 0 Å². The van der Waals surface area contributed by atoms with Gasteiger partial charge >= 0.3 is 0 Å². The minimum Gasteiger partial charge on any atom is -0.363 e. The lowest BCUT2D eigenvalue weighted by Crippen LogP contribution is -2.23. The molecule has 0 aliphatic carbocycles. The fourth-order valence-corrected chi connectivity index (χ4v) is 2.81. The molecule has 0 radical (unpaired) electrons. The number of aromatic amines is 1. The van der Waals surface area contributed by atoms with Gasteiger partial charge in [0.25, 0.3) is 0 Å². The van der Waals surface area contributed by atoms with Gasteiger partial charge in [-0.2, -0.15) is 0 Å². The summed E-state index contributed by atoms with van der Waals surface area (Å²) in [7, 11) is -1.96. The van der Waals surface area contributed by atoms with Crippen molar-refractivity contribution >= 4 is 10.0 Å². The number of nitrogens with one attached hydrogen (secondary N) is 3. The third-order valence-corrected chi connectivity index (χ3v) is 4.22. The minimum absolute atomic E-state index is 0.0929. The summed E-state index contributed by atoms with van der Waals surface area (Å²) in [6, 6.07) is 4.75. The first kappa shape index (κ1) is 15.6. The van der Waals surface area contributed by atoms with Gasteiger partial charge in [-0.1, -0.05) is 6.07 Å². The Bertz CT molecular complexity index is 729. The summed E-state index contributed by atoms with van der Waals surface area (Å²) in [5, 5.41) is 2.89. The van der Waals surface area contributed by atoms with E-state index in [2.05, 4.69) is 15.0 Å². The maximum absolute atomic E-state index is 13.0. The maximum Gasteiger partial charge on any atom is 0.242 e. The Morgan fingerprint density at radius 1 is 1.14 bits per heavy atom. The summed E-state index contributed by atoms with van der Waals surface area (Å²) in [6.45, 7) is 0.394. The number of H-pyrrole nitrogens is 1. The molecule has 0 aliphatic rings. The van der Waals surface area contributed by atoms with E-state index in [1.165, 1.54) is 18.3 Å². The average Bonchev–Trinajstić information content (AvgIpc) is 2.90. The molecule has 0 atom stereocenters. The standard InChI is InChI=1S/C13H15F2N3O2S/c1-16-7-10-5-11(8-17-10)21(19,20)18-6-9-2-3-12(14)13(15)4-9/h2-5,8,16-18H,6-7H2,1H3. The molecule has 1 heterocycles. The molecule has 2 rings (SSSR count). The first-order valence-electron chi connectivity index (χ1n) is 6.18. The molecule has 0 saturated carbocycles. The smallest absolute Gasteiger partial charge is 0.242 e. The van der Waals surface area contributed by atoms with Crippen LogP contribution in [0.15, 0.2) is 35.4 Å². The number of aromatic nitrogens is 1. The first-order chi connectivity index (χ1) is 9.92. The Kier molecular flexibility index (Phi) is 4.71. The molecular weight excluding hydrogens is 300 g/mol. The summed E-state index contributed by atoms with van der Waals surface area (Å²) in [5.74, 6) is -1.98. The highest BCUT2D eigenvalue weighted by atomic mass is 32.2. The first-order valence-corrected chi connectivity index (χ1v) is 7.66. The molecule has 8 heteroatoms. The van der Waals surface area contributed by atoms with Crippen LogP contribution in [0.1, 0.15) is 11.3 Å². The fourth-order valence-electron chi connectivity index (χ4n) is 1.78. The molecule has 0 aliphatic heterocycles. The van der Waals surface area contributed by atoms with Gasteiger partial charge in [-0.3, -0.25) is 0 Å². The van der Waals surface area contributed by atoms with Crippen LogP contribution in [0.25, 0.3) is 0 Å². The van der Waals surface area contributed by atoms with Gasteiger partial charge in [0.1, 0.15) is 0 Å². The van der Waals surface area contributed by atoms with Crippen molar-refractivity contribution in [1.82, 2.24) is 15.0 Å². The number of halogens is 2. The number of hydrogen-bond acceptors (Lipinski definition) is 3. The van der Waals surface area contributed by atoms with Gasteiger partial charge in [0, 0.05) is 25.0 Å². The largest absolute Gasteiger partial charge is 0.363 e. The van der Waals surface area contributed by atoms with Crippen molar-refractivity contribution in [1.29, 1.82) is 0 Å². The zero-order valence-corrected chi connectivity index (χ0v) is 12.1. The molecule has 0 fully saturated rings. The SMILES string of the molecule is CNCc1cc(S(=O)(=O)NCc2ccc(F)c(F)c2)c[nH]1. The molecule has 0 spiro atoms. The lowest BCUT2D eigenvalue weighted by molar-refractivity contribution is 0.506. The second-order valence-electron chi connectivity index (χ2n) is 4.46. The van der Waals surface area contributed by atoms with Gasteiger partial charge in [0.15, 0.2) is 11.6 Å². The van der Waals surface area contributed by atoms with E-state index < -0.39 is 21.7 Å². The molecule has 21 heavy (non-hydrogen) atoms. The fraction of sp³-hybridized carbons (Fsp3) is 0.231. The van der Waals surface area contributed by atoms with Crippen LogP contribution in [0.3, 0.4) is 0 Å². The predicted octanol–water partition coefficient (Wildman–Crippen LogP) is 1.49. The van der Waals surface area contributed by atoms with E-state index in [0.29, 0.717) is 12.1 Å². The summed E-state index contributed by atoms with van der Waals surface area (Å²) in [6.07, 6.45) is 1.38. The Hall–Kier alpha value is -1.77. The highest BCUT2D eigenvalue weighted by Crippen LogP contribution is 2.13. The Labute approximate surface area is 121 Å². The third kappa shape index (κ3) is 3.87. The zero-order chi connectivity index (χ0) is 15.5. The van der Waals surface area contributed by atoms with Crippen LogP contribution in [-0.2, 0) is 23.1 Å². The van der Waals surface area contributed by atoms with Crippen molar-refractivity contribution in [3.05, 3.63) is 53.4 Å². The van der Waals surface area contributed by atoms with Gasteiger partial charge in [-0.25, -0.2) is 21.9 Å². The number of sulfonamides is 1. The Balaban J connectivity index is 2.08. The summed E-state index contributed by atoms with van der Waals surface area (Å²) < 4.78 is 52.3. The molecule has 5 nitrogen and oxygen atoms in total. The molecular formula is C13H15F2N3O2S. The predicted molar refractivity (Wildman–Crippen MR) is 73.9 cm³/mol. The van der Waals surface area contributed by atoms with E-state index >= 15 is 0 Å². The number of rotatable bonds is 6. The molecule has 0 bridgehead atoms. The van der Waals surface area contributed by atoms with E-state index in [1.807, 2.05) is 0 Å². The molecule has 0 saturated heterocycles. The van der Waals surface area contributed by atoms with Crippen LogP contribution in [0.4, 0.5) is 8.78 Å². The molecule has 114 valence electrons. The van der Waals surface area contributed by atoms with Crippen molar-refractivity contribution in [2.75, 3.05) is 7.05 Å². The van der Waals surface area contributed by atoms with Crippen molar-refractivity contribution < 1.29 is 17.2 Å². The summed E-state index contributed by atoms with van der Waals surface area (Å²) in [5.41, 5.74) is 1.06. The van der Waals surface area contributed by atoms with E-state index in [0.717, 1.165) is 17.8 Å². The quantitative estimate of drug-likeness (QED) is 0.756. The van der Waals surface area contributed by atoms with Crippen molar-refractivity contribution in [2.24, 2.45) is 0 Å². The van der Waals surface area contributed by atoms with Crippen molar-refractivity contribution in [3.8, 4) is 0 Å². The normalized spacial score (nSPS) is 11.8. The second-order valence-corrected chi connectivity index (χ2v) is 6.23. The number of hydrogen-bond donors (Lipinski definition) is 3. The van der Waals surface area contributed by atoms with Gasteiger partial charge in [0.05, 0.1) is 4.90 Å². The third-order valence-electron chi connectivity index (χ3n) is 2.84. The zero-order valence-electron chi connectivity index (χ0n) is 11.3. The van der Waals surface area contributed by atoms with E-state index in [9.17, 15) is 17.2 Å². The topological polar surface area (TPSA) is 74.0 Å².